The monoisotopic (exact) mass is 294 g/mol. The Balaban J connectivity index is 1.67. The van der Waals surface area contributed by atoms with E-state index in [1.807, 2.05) is 30.1 Å². The summed E-state index contributed by atoms with van der Waals surface area (Å²) in [5, 5.41) is 3.52. The summed E-state index contributed by atoms with van der Waals surface area (Å²) in [5.41, 5.74) is 1.24. The number of rotatable bonds is 5. The van der Waals surface area contributed by atoms with Crippen LogP contribution in [0.2, 0.25) is 0 Å². The van der Waals surface area contributed by atoms with Gasteiger partial charge in [-0.1, -0.05) is 48.6 Å². The number of hydrogen-bond donors (Lipinski definition) is 1. The Labute approximate surface area is 130 Å². The molecule has 0 aliphatic heterocycles. The summed E-state index contributed by atoms with van der Waals surface area (Å²) < 4.78 is 0. The van der Waals surface area contributed by atoms with Crippen LogP contribution >= 0.6 is 11.8 Å². The van der Waals surface area contributed by atoms with Gasteiger partial charge in [-0.2, -0.15) is 0 Å². The van der Waals surface area contributed by atoms with Crippen LogP contribution in [0.5, 0.6) is 0 Å². The SMILES string of the molecule is C1=CCC(Nc2ncccc2CSc2ccccc2)C=C1. The van der Waals surface area contributed by atoms with Gasteiger partial charge in [-0.25, -0.2) is 4.98 Å². The van der Waals surface area contributed by atoms with Crippen molar-refractivity contribution in [2.24, 2.45) is 0 Å². The fourth-order valence-electron chi connectivity index (χ4n) is 2.23. The van der Waals surface area contributed by atoms with Crippen LogP contribution in [0, 0.1) is 0 Å². The van der Waals surface area contributed by atoms with Gasteiger partial charge in [-0.05, 0) is 24.6 Å². The first-order valence-electron chi connectivity index (χ1n) is 7.13. The Kier molecular flexibility index (Phi) is 4.74. The van der Waals surface area contributed by atoms with Gasteiger partial charge in [0.05, 0.1) is 0 Å². The molecular weight excluding hydrogens is 276 g/mol. The second kappa shape index (κ2) is 7.14. The summed E-state index contributed by atoms with van der Waals surface area (Å²) in [4.78, 5) is 5.79. The number of allylic oxidation sites excluding steroid dienone is 2. The van der Waals surface area contributed by atoms with Crippen molar-refractivity contribution in [3.63, 3.8) is 0 Å². The number of hydrogen-bond acceptors (Lipinski definition) is 3. The van der Waals surface area contributed by atoms with E-state index >= 15 is 0 Å². The van der Waals surface area contributed by atoms with Crippen molar-refractivity contribution < 1.29 is 0 Å². The molecule has 1 aliphatic rings. The van der Waals surface area contributed by atoms with Crippen molar-refractivity contribution in [1.29, 1.82) is 0 Å². The Morgan fingerprint density at radius 2 is 2.00 bits per heavy atom. The van der Waals surface area contributed by atoms with E-state index in [4.69, 9.17) is 0 Å². The maximum absolute atomic E-state index is 4.50. The highest BCUT2D eigenvalue weighted by molar-refractivity contribution is 7.98. The molecule has 3 rings (SSSR count). The second-order valence-electron chi connectivity index (χ2n) is 4.91. The van der Waals surface area contributed by atoms with Gasteiger partial charge in [0.15, 0.2) is 0 Å². The number of pyridine rings is 1. The van der Waals surface area contributed by atoms with E-state index in [1.54, 1.807) is 0 Å². The molecule has 1 unspecified atom stereocenters. The lowest BCUT2D eigenvalue weighted by Gasteiger charge is -2.18. The molecule has 1 aromatic heterocycles. The third-order valence-electron chi connectivity index (χ3n) is 3.33. The van der Waals surface area contributed by atoms with Crippen LogP contribution in [0.3, 0.4) is 0 Å². The zero-order valence-corrected chi connectivity index (χ0v) is 12.6. The number of anilines is 1. The molecule has 1 aliphatic carbocycles. The summed E-state index contributed by atoms with van der Waals surface area (Å²) >= 11 is 1.84. The normalized spacial score (nSPS) is 16.9. The fraction of sp³-hybridized carbons (Fsp3) is 0.167. The molecule has 1 heterocycles. The molecule has 0 saturated heterocycles. The fourth-order valence-corrected chi connectivity index (χ4v) is 3.13. The van der Waals surface area contributed by atoms with Crippen molar-refractivity contribution in [1.82, 2.24) is 4.98 Å². The predicted molar refractivity (Wildman–Crippen MR) is 90.5 cm³/mol. The lowest BCUT2D eigenvalue weighted by molar-refractivity contribution is 0.871. The standard InChI is InChI=1S/C18H18N2S/c1-3-9-16(10-4-1)20-18-15(8-7-13-19-18)14-21-17-11-5-2-6-12-17/h1-9,11-13,16H,10,14H2,(H,19,20). The Bertz CT molecular complexity index is 635. The van der Waals surface area contributed by atoms with E-state index in [0.717, 1.165) is 18.0 Å². The molecule has 1 aromatic carbocycles. The van der Waals surface area contributed by atoms with Gasteiger partial charge in [0, 0.05) is 28.5 Å². The molecule has 0 fully saturated rings. The molecule has 3 heteroatoms. The number of nitrogens with one attached hydrogen (secondary N) is 1. The molecular formula is C18H18N2S. The van der Waals surface area contributed by atoms with Gasteiger partial charge in [0.25, 0.3) is 0 Å². The molecule has 0 saturated carbocycles. The lowest BCUT2D eigenvalue weighted by atomic mass is 10.1. The van der Waals surface area contributed by atoms with Crippen molar-refractivity contribution >= 4 is 17.6 Å². The van der Waals surface area contributed by atoms with Gasteiger partial charge >= 0.3 is 0 Å². The summed E-state index contributed by atoms with van der Waals surface area (Å²) in [7, 11) is 0. The number of nitrogens with zero attached hydrogens (tertiary/aromatic N) is 1. The van der Waals surface area contributed by atoms with Crippen LogP contribution in [-0.2, 0) is 5.75 Å². The van der Waals surface area contributed by atoms with Crippen molar-refractivity contribution in [3.8, 4) is 0 Å². The van der Waals surface area contributed by atoms with E-state index in [-0.39, 0.29) is 0 Å². The largest absolute Gasteiger partial charge is 0.363 e. The van der Waals surface area contributed by atoms with Crippen LogP contribution in [0.1, 0.15) is 12.0 Å². The van der Waals surface area contributed by atoms with Gasteiger partial charge < -0.3 is 5.32 Å². The van der Waals surface area contributed by atoms with Crippen LogP contribution in [-0.4, -0.2) is 11.0 Å². The molecule has 0 amide bonds. The number of thioether (sulfide) groups is 1. The average Bonchev–Trinajstić information content (AvgIpc) is 2.56. The summed E-state index contributed by atoms with van der Waals surface area (Å²) in [6.07, 6.45) is 11.4. The third kappa shape index (κ3) is 3.99. The maximum atomic E-state index is 4.50. The smallest absolute Gasteiger partial charge is 0.130 e. The molecule has 2 aromatic rings. The summed E-state index contributed by atoms with van der Waals surface area (Å²) in [6.45, 7) is 0. The van der Waals surface area contributed by atoms with Crippen LogP contribution < -0.4 is 5.32 Å². The van der Waals surface area contributed by atoms with Crippen molar-refractivity contribution in [2.75, 3.05) is 5.32 Å². The highest BCUT2D eigenvalue weighted by Gasteiger charge is 2.09. The zero-order valence-electron chi connectivity index (χ0n) is 11.8. The molecule has 1 N–H and O–H groups in total. The molecule has 0 radical (unpaired) electrons. The first kappa shape index (κ1) is 14.0. The molecule has 1 atom stereocenters. The number of aromatic nitrogens is 1. The molecule has 0 bridgehead atoms. The van der Waals surface area contributed by atoms with Gasteiger partial charge in [-0.15, -0.1) is 11.8 Å². The molecule has 21 heavy (non-hydrogen) atoms. The van der Waals surface area contributed by atoms with Crippen molar-refractivity contribution in [3.05, 3.63) is 78.5 Å². The lowest BCUT2D eigenvalue weighted by Crippen LogP contribution is -2.18. The van der Waals surface area contributed by atoms with Gasteiger partial charge in [0.2, 0.25) is 0 Å². The third-order valence-corrected chi connectivity index (χ3v) is 4.39. The first-order valence-corrected chi connectivity index (χ1v) is 8.12. The summed E-state index contributed by atoms with van der Waals surface area (Å²) in [5.74, 6) is 1.91. The molecule has 0 spiro atoms. The zero-order chi connectivity index (χ0) is 14.3. The van der Waals surface area contributed by atoms with Crippen LogP contribution in [0.4, 0.5) is 5.82 Å². The minimum Gasteiger partial charge on any atom is -0.363 e. The van der Waals surface area contributed by atoms with E-state index in [1.165, 1.54) is 10.5 Å². The highest BCUT2D eigenvalue weighted by Crippen LogP contribution is 2.26. The Morgan fingerprint density at radius 1 is 1.10 bits per heavy atom. The highest BCUT2D eigenvalue weighted by atomic mass is 32.2. The van der Waals surface area contributed by atoms with E-state index in [0.29, 0.717) is 6.04 Å². The Morgan fingerprint density at radius 3 is 2.81 bits per heavy atom. The van der Waals surface area contributed by atoms with Crippen molar-refractivity contribution in [2.45, 2.75) is 23.1 Å². The van der Waals surface area contributed by atoms with Crippen LogP contribution in [0.15, 0.2) is 77.9 Å². The van der Waals surface area contributed by atoms with Gasteiger partial charge in [-0.3, -0.25) is 0 Å². The quantitative estimate of drug-likeness (QED) is 0.811. The second-order valence-corrected chi connectivity index (χ2v) is 5.96. The molecule has 106 valence electrons. The topological polar surface area (TPSA) is 24.9 Å². The first-order chi connectivity index (χ1) is 10.4. The number of benzene rings is 1. The predicted octanol–water partition coefficient (Wildman–Crippen LogP) is 4.67. The molecule has 2 nitrogen and oxygen atoms in total. The summed E-state index contributed by atoms with van der Waals surface area (Å²) in [6, 6.07) is 15.0. The van der Waals surface area contributed by atoms with E-state index < -0.39 is 0 Å². The van der Waals surface area contributed by atoms with E-state index in [9.17, 15) is 0 Å². The van der Waals surface area contributed by atoms with Gasteiger partial charge in [0.1, 0.15) is 5.82 Å². The average molecular weight is 294 g/mol. The van der Waals surface area contributed by atoms with E-state index in [2.05, 4.69) is 64.9 Å². The maximum Gasteiger partial charge on any atom is 0.130 e. The Hall–Kier alpha value is -2.00. The van der Waals surface area contributed by atoms with Crippen LogP contribution in [0.25, 0.3) is 0 Å². The minimum absolute atomic E-state index is 0.338. The minimum atomic E-state index is 0.338.